The van der Waals surface area contributed by atoms with Crippen LogP contribution in [0, 0.1) is 0 Å². The van der Waals surface area contributed by atoms with Crippen molar-refractivity contribution in [2.75, 3.05) is 26.2 Å². The minimum atomic E-state index is -0.543. The molecule has 132 valence electrons. The van der Waals surface area contributed by atoms with Crippen LogP contribution in [0.25, 0.3) is 0 Å². The van der Waals surface area contributed by atoms with Gasteiger partial charge in [0.1, 0.15) is 5.60 Å². The molecule has 1 unspecified atom stereocenters. The van der Waals surface area contributed by atoms with E-state index in [0.717, 1.165) is 15.7 Å². The summed E-state index contributed by atoms with van der Waals surface area (Å²) in [5.41, 5.74) is 1.34. The highest BCUT2D eigenvalue weighted by atomic mass is 79.9. The number of β-amino-alcohol motifs (C(OH)–C–C–N with tert-alkyl or cyclic N) is 1. The summed E-state index contributed by atoms with van der Waals surface area (Å²) in [4.78, 5) is 14.4. The molecule has 0 aromatic heterocycles. The van der Waals surface area contributed by atoms with Crippen LogP contribution in [-0.4, -0.2) is 58.2 Å². The van der Waals surface area contributed by atoms with Crippen molar-refractivity contribution < 1.29 is 19.2 Å². The van der Waals surface area contributed by atoms with E-state index in [9.17, 15) is 9.90 Å². The number of aliphatic hydroxyl groups excluding tert-OH is 1. The first kappa shape index (κ1) is 19.1. The van der Waals surface area contributed by atoms with Gasteiger partial charge in [0.25, 0.3) is 0 Å². The summed E-state index contributed by atoms with van der Waals surface area (Å²) in [5, 5.41) is 10.4. The van der Waals surface area contributed by atoms with E-state index < -0.39 is 11.7 Å². The largest absolute Gasteiger partial charge is 0.596 e. The molecule has 1 aliphatic heterocycles. The average Bonchev–Trinajstić information content (AvgIpc) is 2.46. The van der Waals surface area contributed by atoms with Crippen molar-refractivity contribution in [1.29, 1.82) is 0 Å². The molecule has 1 aromatic rings. The van der Waals surface area contributed by atoms with E-state index in [4.69, 9.17) is 4.74 Å². The van der Waals surface area contributed by atoms with Crippen molar-refractivity contribution in [3.63, 3.8) is 0 Å². The van der Waals surface area contributed by atoms with Crippen molar-refractivity contribution in [2.24, 2.45) is 0 Å². The van der Waals surface area contributed by atoms with Crippen molar-refractivity contribution in [1.82, 2.24) is 4.90 Å². The topological polar surface area (TPSA) is 52.8 Å². The summed E-state index contributed by atoms with van der Waals surface area (Å²) >= 11 is 3.40. The lowest BCUT2D eigenvalue weighted by atomic mass is 10.1. The first-order chi connectivity index (χ1) is 11.2. The first-order valence-electron chi connectivity index (χ1n) is 8.14. The Morgan fingerprint density at radius 3 is 2.54 bits per heavy atom. The van der Waals surface area contributed by atoms with Gasteiger partial charge in [0, 0.05) is 17.9 Å². The Hall–Kier alpha value is -1.24. The molecule has 0 bridgehead atoms. The number of benzene rings is 1. The molecule has 1 N–H and O–H groups in total. The zero-order valence-electron chi connectivity index (χ0n) is 14.8. The van der Waals surface area contributed by atoms with Crippen molar-refractivity contribution in [3.05, 3.63) is 34.3 Å². The first-order valence-corrected chi connectivity index (χ1v) is 8.94. The maximum atomic E-state index is 12.2. The van der Waals surface area contributed by atoms with Gasteiger partial charge in [-0.1, -0.05) is 28.1 Å². The maximum Gasteiger partial charge on any atom is 0.596 e. The standard InChI is InChI=1S/C18H26BrN2O3/c1-13-11-20(9-10-21(13)17(23)24-18(2,3)4)12-16(22)14-5-7-15(19)8-6-14/h5-8,16,22H,9-12H2,1-4H3/q+1. The number of ether oxygens (including phenoxy) is 1. The van der Waals surface area contributed by atoms with Crippen LogP contribution >= 0.6 is 15.9 Å². The second-order valence-electron chi connectivity index (χ2n) is 7.17. The molecule has 0 saturated carbocycles. The Balaban J connectivity index is 1.97. The highest BCUT2D eigenvalue weighted by Crippen LogP contribution is 2.18. The highest BCUT2D eigenvalue weighted by molar-refractivity contribution is 9.10. The Morgan fingerprint density at radius 1 is 1.38 bits per heavy atom. The van der Waals surface area contributed by atoms with Gasteiger partial charge in [-0.05, 0) is 38.5 Å². The zero-order chi connectivity index (χ0) is 17.9. The fraction of sp³-hybridized carbons (Fsp3) is 0.556. The number of carbonyl (C=O) groups is 1. The number of nitrogens with zero attached hydrogens (tertiary/aromatic N) is 2. The molecule has 0 radical (unpaired) electrons. The Kier molecular flexibility index (Phi) is 6.17. The van der Waals surface area contributed by atoms with Gasteiger partial charge in [-0.15, -0.1) is 4.58 Å². The molecule has 0 fully saturated rings. The van der Waals surface area contributed by atoms with Gasteiger partial charge in [0.05, 0.1) is 19.2 Å². The minimum absolute atomic E-state index is 0.298. The molecule has 0 saturated heterocycles. The molecular formula is C18H26BrN2O3+. The van der Waals surface area contributed by atoms with Crippen LogP contribution in [0.4, 0.5) is 4.79 Å². The van der Waals surface area contributed by atoms with Crippen molar-refractivity contribution in [2.45, 2.75) is 39.4 Å². The van der Waals surface area contributed by atoms with Crippen LogP contribution < -0.4 is 0 Å². The summed E-state index contributed by atoms with van der Waals surface area (Å²) in [5.74, 6) is 0. The number of hydrogen-bond donors (Lipinski definition) is 1. The number of amides is 1. The van der Waals surface area contributed by atoms with Gasteiger partial charge in [0.15, 0.2) is 12.3 Å². The van der Waals surface area contributed by atoms with Gasteiger partial charge in [-0.2, -0.15) is 4.79 Å². The third kappa shape index (κ3) is 5.40. The van der Waals surface area contributed by atoms with Crippen molar-refractivity contribution >= 4 is 27.7 Å². The number of aliphatic hydroxyl groups is 1. The summed E-state index contributed by atoms with van der Waals surface area (Å²) in [6, 6.07) is 7.69. The molecular weight excluding hydrogens is 372 g/mol. The fourth-order valence-corrected chi connectivity index (χ4v) is 2.94. The summed E-state index contributed by atoms with van der Waals surface area (Å²) in [7, 11) is 0. The maximum absolute atomic E-state index is 12.2. The van der Waals surface area contributed by atoms with E-state index >= 15 is 0 Å². The molecule has 6 heteroatoms. The molecule has 1 amide bonds. The van der Waals surface area contributed by atoms with Gasteiger partial charge >= 0.3 is 6.09 Å². The van der Waals surface area contributed by atoms with Crippen LogP contribution in [0.3, 0.4) is 0 Å². The third-order valence-corrected chi connectivity index (χ3v) is 4.38. The van der Waals surface area contributed by atoms with E-state index in [1.165, 1.54) is 0 Å². The lowest BCUT2D eigenvalue weighted by Crippen LogP contribution is -2.48. The molecule has 1 atom stereocenters. The lowest BCUT2D eigenvalue weighted by molar-refractivity contribution is -0.458. The molecule has 0 spiro atoms. The van der Waals surface area contributed by atoms with E-state index in [-0.39, 0.29) is 6.09 Å². The van der Waals surface area contributed by atoms with E-state index in [0.29, 0.717) is 26.2 Å². The van der Waals surface area contributed by atoms with Crippen molar-refractivity contribution in [3.8, 4) is 0 Å². The third-order valence-electron chi connectivity index (χ3n) is 3.85. The van der Waals surface area contributed by atoms with Crippen LogP contribution in [-0.2, 0) is 4.74 Å². The number of rotatable bonds is 3. The van der Waals surface area contributed by atoms with Gasteiger partial charge < -0.3 is 9.84 Å². The molecule has 5 nitrogen and oxygen atoms in total. The molecule has 1 aliphatic rings. The molecule has 1 heterocycles. The van der Waals surface area contributed by atoms with Gasteiger partial charge in [-0.25, -0.2) is 0 Å². The second-order valence-corrected chi connectivity index (χ2v) is 8.09. The average molecular weight is 398 g/mol. The van der Waals surface area contributed by atoms with Crippen LogP contribution in [0.1, 0.15) is 39.4 Å². The zero-order valence-corrected chi connectivity index (χ0v) is 16.3. The van der Waals surface area contributed by atoms with E-state index in [1.54, 1.807) is 4.58 Å². The smallest absolute Gasteiger partial charge is 0.406 e. The predicted molar refractivity (Wildman–Crippen MR) is 97.6 cm³/mol. The number of hydrogen-bond acceptors (Lipinski definition) is 4. The lowest BCUT2D eigenvalue weighted by Gasteiger charge is -2.27. The van der Waals surface area contributed by atoms with Crippen LogP contribution in [0.15, 0.2) is 28.7 Å². The molecule has 0 aliphatic carbocycles. The highest BCUT2D eigenvalue weighted by Gasteiger charge is 2.33. The quantitative estimate of drug-likeness (QED) is 0.795. The monoisotopic (exact) mass is 397 g/mol. The summed E-state index contributed by atoms with van der Waals surface area (Å²) in [6.45, 7) is 10.0. The Labute approximate surface area is 152 Å². The summed E-state index contributed by atoms with van der Waals surface area (Å²) in [6.07, 6.45) is -0.841. The minimum Gasteiger partial charge on any atom is -0.406 e. The molecule has 24 heavy (non-hydrogen) atoms. The van der Waals surface area contributed by atoms with E-state index in [1.807, 2.05) is 52.0 Å². The molecule has 1 aromatic carbocycles. The van der Waals surface area contributed by atoms with E-state index in [2.05, 4.69) is 20.8 Å². The second kappa shape index (κ2) is 7.76. The van der Waals surface area contributed by atoms with Gasteiger partial charge in [-0.3, -0.25) is 4.90 Å². The number of halogens is 1. The predicted octanol–water partition coefficient (Wildman–Crippen LogP) is 3.21. The normalized spacial score (nSPS) is 17.8. The number of carbonyl (C=O) groups excluding carboxylic acids is 1. The molecule has 2 rings (SSSR count). The fourth-order valence-electron chi connectivity index (χ4n) is 2.68. The van der Waals surface area contributed by atoms with Gasteiger partial charge in [0.2, 0.25) is 0 Å². The summed E-state index contributed by atoms with van der Waals surface area (Å²) < 4.78 is 8.12. The Morgan fingerprint density at radius 2 is 2.00 bits per heavy atom. The van der Waals surface area contributed by atoms with Crippen LogP contribution in [0.5, 0.6) is 0 Å². The SMILES string of the molecule is CC1=[N+](C(=O)OC(C)(C)C)CCN(CC(O)c2ccc(Br)cc2)C1. The van der Waals surface area contributed by atoms with Crippen LogP contribution in [0.2, 0.25) is 0 Å². The Bertz CT molecular complexity index is 620.